The van der Waals surface area contributed by atoms with Crippen molar-refractivity contribution >= 4 is 48.1 Å². The predicted octanol–water partition coefficient (Wildman–Crippen LogP) is 7.73. The standard InChI is InChI=1S/C38H33NP2/c1-6-18-31(19-7-1)37(30-40(32-20-8-2-9-21-32)33-22-10-3-11-23-33)39-36-28-16-17-29-38(36)41(34-24-12-4-13-25-34)35-26-14-5-15-27-35/h1-29,37,39H,30H2/t37-/m1/s1. The van der Waals surface area contributed by atoms with Crippen molar-refractivity contribution in [2.75, 3.05) is 11.5 Å². The van der Waals surface area contributed by atoms with Crippen LogP contribution in [0.25, 0.3) is 0 Å². The van der Waals surface area contributed by atoms with Crippen LogP contribution < -0.4 is 31.8 Å². The molecule has 0 aliphatic rings. The zero-order valence-electron chi connectivity index (χ0n) is 22.9. The maximum atomic E-state index is 4.09. The summed E-state index contributed by atoms with van der Waals surface area (Å²) in [5.41, 5.74) is 2.52. The molecule has 1 N–H and O–H groups in total. The van der Waals surface area contributed by atoms with E-state index in [2.05, 4.69) is 181 Å². The Morgan fingerprint density at radius 3 is 1.29 bits per heavy atom. The monoisotopic (exact) mass is 565 g/mol. The van der Waals surface area contributed by atoms with Gasteiger partial charge in [-0.15, -0.1) is 0 Å². The van der Waals surface area contributed by atoms with E-state index >= 15 is 0 Å². The lowest BCUT2D eigenvalue weighted by Crippen LogP contribution is -2.26. The molecule has 0 bridgehead atoms. The first kappa shape index (κ1) is 27.2. The molecular weight excluding hydrogens is 532 g/mol. The molecule has 0 heterocycles. The molecule has 0 amide bonds. The molecule has 1 atom stereocenters. The molecule has 6 aromatic carbocycles. The first-order chi connectivity index (χ1) is 20.4. The molecular formula is C38H33NP2. The lowest BCUT2D eigenvalue weighted by molar-refractivity contribution is 0.897. The Labute approximate surface area is 246 Å². The fourth-order valence-electron chi connectivity index (χ4n) is 5.24. The molecule has 0 aromatic heterocycles. The van der Waals surface area contributed by atoms with E-state index in [0.29, 0.717) is 0 Å². The molecule has 0 unspecified atom stereocenters. The molecule has 0 fully saturated rings. The van der Waals surface area contributed by atoms with Gasteiger partial charge in [0, 0.05) is 17.2 Å². The summed E-state index contributed by atoms with van der Waals surface area (Å²) in [6.45, 7) is 0. The molecule has 200 valence electrons. The molecule has 1 nitrogen and oxygen atoms in total. The van der Waals surface area contributed by atoms with Crippen LogP contribution in [-0.2, 0) is 0 Å². The van der Waals surface area contributed by atoms with Gasteiger partial charge in [0.2, 0.25) is 0 Å². The van der Waals surface area contributed by atoms with E-state index in [0.717, 1.165) is 6.16 Å². The minimum absolute atomic E-state index is 0.146. The van der Waals surface area contributed by atoms with Crippen molar-refractivity contribution in [3.8, 4) is 0 Å². The average Bonchev–Trinajstić information content (AvgIpc) is 3.06. The first-order valence-corrected chi connectivity index (χ1v) is 16.9. The molecule has 0 saturated carbocycles. The third-order valence-corrected chi connectivity index (χ3v) is 12.3. The second kappa shape index (κ2) is 13.6. The van der Waals surface area contributed by atoms with Crippen molar-refractivity contribution < 1.29 is 0 Å². The minimum atomic E-state index is -0.731. The second-order valence-corrected chi connectivity index (χ2v) is 14.4. The van der Waals surface area contributed by atoms with Crippen LogP contribution in [0.2, 0.25) is 0 Å². The lowest BCUT2D eigenvalue weighted by atomic mass is 10.1. The van der Waals surface area contributed by atoms with Gasteiger partial charge in [-0.2, -0.15) is 0 Å². The third kappa shape index (κ3) is 6.66. The molecule has 0 radical (unpaired) electrons. The first-order valence-electron chi connectivity index (χ1n) is 14.1. The molecule has 3 heteroatoms. The maximum Gasteiger partial charge on any atom is 0.0559 e. The van der Waals surface area contributed by atoms with Gasteiger partial charge >= 0.3 is 0 Å². The number of hydrogen-bond acceptors (Lipinski definition) is 1. The van der Waals surface area contributed by atoms with Gasteiger partial charge in [0.1, 0.15) is 0 Å². The van der Waals surface area contributed by atoms with Crippen LogP contribution in [0.3, 0.4) is 0 Å². The van der Waals surface area contributed by atoms with Gasteiger partial charge in [0.25, 0.3) is 0 Å². The van der Waals surface area contributed by atoms with E-state index in [4.69, 9.17) is 0 Å². The molecule has 41 heavy (non-hydrogen) atoms. The average molecular weight is 566 g/mol. The van der Waals surface area contributed by atoms with Crippen LogP contribution >= 0.6 is 15.8 Å². The predicted molar refractivity (Wildman–Crippen MR) is 182 cm³/mol. The van der Waals surface area contributed by atoms with Gasteiger partial charge in [-0.1, -0.05) is 170 Å². The van der Waals surface area contributed by atoms with Gasteiger partial charge in [-0.3, -0.25) is 0 Å². The van der Waals surface area contributed by atoms with Crippen LogP contribution in [0.4, 0.5) is 5.69 Å². The van der Waals surface area contributed by atoms with Gasteiger partial charge in [-0.05, 0) is 48.7 Å². The Bertz CT molecular complexity index is 1550. The SMILES string of the molecule is c1ccc([C@@H](CP(c2ccccc2)c2ccccc2)Nc2ccccc2P(c2ccccc2)c2ccccc2)cc1. The maximum absolute atomic E-state index is 4.09. The van der Waals surface area contributed by atoms with Crippen LogP contribution in [0.15, 0.2) is 176 Å². The van der Waals surface area contributed by atoms with Crippen LogP contribution in [0.5, 0.6) is 0 Å². The zero-order valence-corrected chi connectivity index (χ0v) is 24.7. The van der Waals surface area contributed by atoms with Crippen molar-refractivity contribution in [3.05, 3.63) is 181 Å². The van der Waals surface area contributed by atoms with E-state index in [1.807, 2.05) is 0 Å². The van der Waals surface area contributed by atoms with Crippen molar-refractivity contribution in [3.63, 3.8) is 0 Å². The summed E-state index contributed by atoms with van der Waals surface area (Å²) in [5, 5.41) is 11.0. The van der Waals surface area contributed by atoms with Gasteiger partial charge in [0.05, 0.1) is 6.04 Å². The van der Waals surface area contributed by atoms with E-state index in [1.165, 1.54) is 37.8 Å². The van der Waals surface area contributed by atoms with Gasteiger partial charge in [0.15, 0.2) is 0 Å². The Kier molecular flexibility index (Phi) is 8.98. The van der Waals surface area contributed by atoms with E-state index < -0.39 is 15.8 Å². The highest BCUT2D eigenvalue weighted by atomic mass is 31.1. The molecule has 6 aromatic rings. The normalized spacial score (nSPS) is 11.9. The summed E-state index contributed by atoms with van der Waals surface area (Å²) < 4.78 is 0. The topological polar surface area (TPSA) is 12.0 Å². The summed E-state index contributed by atoms with van der Waals surface area (Å²) in [7, 11) is -1.31. The molecule has 0 spiro atoms. The molecule has 0 aliphatic carbocycles. The van der Waals surface area contributed by atoms with Crippen LogP contribution in [0.1, 0.15) is 11.6 Å². The van der Waals surface area contributed by atoms with E-state index in [-0.39, 0.29) is 6.04 Å². The Hall–Kier alpha value is -4.02. The number of rotatable bonds is 10. The molecule has 6 rings (SSSR count). The van der Waals surface area contributed by atoms with Crippen molar-refractivity contribution in [2.45, 2.75) is 6.04 Å². The Balaban J connectivity index is 1.43. The lowest BCUT2D eigenvalue weighted by Gasteiger charge is -2.29. The third-order valence-electron chi connectivity index (χ3n) is 7.21. The summed E-state index contributed by atoms with van der Waals surface area (Å²) in [5.74, 6) is 0. The van der Waals surface area contributed by atoms with E-state index in [1.54, 1.807) is 0 Å². The summed E-state index contributed by atoms with van der Waals surface area (Å²) in [6, 6.07) is 64.0. The number of para-hydroxylation sites is 1. The van der Waals surface area contributed by atoms with Crippen molar-refractivity contribution in [2.24, 2.45) is 0 Å². The highest BCUT2D eigenvalue weighted by Gasteiger charge is 2.24. The minimum Gasteiger partial charge on any atom is -0.377 e. The number of hydrogen-bond donors (Lipinski definition) is 1. The highest BCUT2D eigenvalue weighted by Crippen LogP contribution is 2.41. The van der Waals surface area contributed by atoms with Crippen LogP contribution in [-0.4, -0.2) is 6.16 Å². The quantitative estimate of drug-likeness (QED) is 0.168. The molecule has 0 saturated heterocycles. The zero-order chi connectivity index (χ0) is 27.7. The second-order valence-electron chi connectivity index (χ2n) is 9.91. The summed E-state index contributed by atoms with van der Waals surface area (Å²) >= 11 is 0. The summed E-state index contributed by atoms with van der Waals surface area (Å²) in [4.78, 5) is 0. The number of anilines is 1. The highest BCUT2D eigenvalue weighted by molar-refractivity contribution is 7.80. The van der Waals surface area contributed by atoms with Crippen molar-refractivity contribution in [1.29, 1.82) is 0 Å². The molecule has 0 aliphatic heterocycles. The van der Waals surface area contributed by atoms with E-state index in [9.17, 15) is 0 Å². The van der Waals surface area contributed by atoms with Gasteiger partial charge in [-0.25, -0.2) is 0 Å². The summed E-state index contributed by atoms with van der Waals surface area (Å²) in [6.07, 6.45) is 0.996. The Morgan fingerprint density at radius 2 is 0.805 bits per heavy atom. The smallest absolute Gasteiger partial charge is 0.0559 e. The van der Waals surface area contributed by atoms with Gasteiger partial charge < -0.3 is 5.32 Å². The Morgan fingerprint density at radius 1 is 0.415 bits per heavy atom. The number of nitrogens with one attached hydrogen (secondary N) is 1. The fourth-order valence-corrected chi connectivity index (χ4v) is 10.1. The van der Waals surface area contributed by atoms with Crippen LogP contribution in [0, 0.1) is 0 Å². The largest absolute Gasteiger partial charge is 0.377 e. The fraction of sp³-hybridized carbons (Fsp3) is 0.0526. The number of benzene rings is 6. The van der Waals surface area contributed by atoms with Crippen molar-refractivity contribution in [1.82, 2.24) is 0 Å².